The van der Waals surface area contributed by atoms with Crippen LogP contribution in [0.25, 0.3) is 0 Å². The maximum atomic E-state index is 11.6. The van der Waals surface area contributed by atoms with Crippen LogP contribution in [0, 0.1) is 5.41 Å². The second-order valence-electron chi connectivity index (χ2n) is 6.76. The molecular weight excluding hydrogens is 264 g/mol. The molecule has 1 aromatic heterocycles. The minimum absolute atomic E-state index is 0.0416. The Morgan fingerprint density at radius 2 is 1.76 bits per heavy atom. The number of aryl methyl sites for hydroxylation is 1. The number of aromatic nitrogens is 2. The number of nitrogens with zero attached hydrogens (tertiary/aromatic N) is 1. The molecule has 5 heteroatoms. The van der Waals surface area contributed by atoms with Gasteiger partial charge >= 0.3 is 6.03 Å². The number of nitrogens with one attached hydrogen (secondary N) is 3. The molecule has 0 aliphatic carbocycles. The average molecular weight is 295 g/mol. The first-order valence-electron chi connectivity index (χ1n) is 8.01. The summed E-state index contributed by atoms with van der Waals surface area (Å²) in [7, 11) is 0. The van der Waals surface area contributed by atoms with Gasteiger partial charge in [-0.1, -0.05) is 27.2 Å². The van der Waals surface area contributed by atoms with Gasteiger partial charge in [0.25, 0.3) is 0 Å². The fraction of sp³-hybridized carbons (Fsp3) is 0.750. The highest BCUT2D eigenvalue weighted by molar-refractivity contribution is 5.73. The summed E-state index contributed by atoms with van der Waals surface area (Å²) in [6.07, 6.45) is 11.3. The highest BCUT2D eigenvalue weighted by atomic mass is 16.2. The summed E-state index contributed by atoms with van der Waals surface area (Å²) >= 11 is 0. The fourth-order valence-electron chi connectivity index (χ4n) is 2.13. The molecule has 0 aliphatic rings. The lowest BCUT2D eigenvalue weighted by Crippen LogP contribution is -2.37. The maximum absolute atomic E-state index is 11.6. The van der Waals surface area contributed by atoms with Gasteiger partial charge in [-0.3, -0.25) is 4.98 Å². The Morgan fingerprint density at radius 1 is 1.10 bits per heavy atom. The molecule has 120 valence electrons. The molecule has 1 rings (SSSR count). The largest absolute Gasteiger partial charge is 0.338 e. The normalized spacial score (nSPS) is 11.4. The van der Waals surface area contributed by atoms with Crippen LogP contribution >= 0.6 is 0 Å². The lowest BCUT2D eigenvalue weighted by molar-refractivity contribution is -0.696. The van der Waals surface area contributed by atoms with E-state index in [0.717, 1.165) is 45.3 Å². The van der Waals surface area contributed by atoms with Crippen molar-refractivity contribution in [3.8, 4) is 0 Å². The van der Waals surface area contributed by atoms with Crippen LogP contribution in [-0.2, 0) is 6.54 Å². The smallest absolute Gasteiger partial charge is 0.314 e. The van der Waals surface area contributed by atoms with E-state index in [-0.39, 0.29) is 6.03 Å². The van der Waals surface area contributed by atoms with Crippen LogP contribution < -0.4 is 15.2 Å². The zero-order valence-corrected chi connectivity index (χ0v) is 13.7. The van der Waals surface area contributed by atoms with Gasteiger partial charge in [0, 0.05) is 13.1 Å². The summed E-state index contributed by atoms with van der Waals surface area (Å²) in [5.41, 5.74) is 0.389. The Bertz CT molecular complexity index is 381. The van der Waals surface area contributed by atoms with Crippen molar-refractivity contribution in [1.82, 2.24) is 15.6 Å². The third kappa shape index (κ3) is 9.93. The van der Waals surface area contributed by atoms with Gasteiger partial charge < -0.3 is 10.6 Å². The molecule has 0 radical (unpaired) electrons. The van der Waals surface area contributed by atoms with Gasteiger partial charge in [-0.2, -0.15) is 0 Å². The van der Waals surface area contributed by atoms with Crippen molar-refractivity contribution in [2.75, 3.05) is 13.1 Å². The molecule has 21 heavy (non-hydrogen) atoms. The number of hydrogen-bond acceptors (Lipinski definition) is 1. The Kier molecular flexibility index (Phi) is 7.87. The van der Waals surface area contributed by atoms with E-state index in [0.29, 0.717) is 5.41 Å². The fourth-order valence-corrected chi connectivity index (χ4v) is 2.13. The minimum atomic E-state index is -0.0416. The summed E-state index contributed by atoms with van der Waals surface area (Å²) in [6.45, 7) is 9.23. The van der Waals surface area contributed by atoms with Crippen molar-refractivity contribution >= 4 is 6.03 Å². The molecule has 0 fully saturated rings. The number of carbonyl (C=O) groups excluding carboxylic acids is 1. The molecule has 0 aromatic carbocycles. The number of H-pyrrole nitrogens is 1. The number of unbranched alkanes of at least 4 members (excludes halogenated alkanes) is 2. The molecule has 3 N–H and O–H groups in total. The van der Waals surface area contributed by atoms with Gasteiger partial charge in [0.05, 0.1) is 6.54 Å². The summed E-state index contributed by atoms with van der Waals surface area (Å²) in [4.78, 5) is 14.6. The SMILES string of the molecule is CC(C)(C)CCCCNC(=O)NCCCC[n+]1cc[nH]c1. The van der Waals surface area contributed by atoms with Crippen LogP contribution in [0.2, 0.25) is 0 Å². The standard InChI is InChI=1S/C16H30N4O/c1-16(2,3)8-4-5-9-18-15(21)19-10-6-7-12-20-13-11-17-14-20/h11,13-14H,4-10,12H2,1-3H3,(H2,18,19,21)/p+1. The molecular formula is C16H31N4O+. The van der Waals surface area contributed by atoms with Gasteiger partial charge in [-0.15, -0.1) is 0 Å². The number of rotatable bonds is 9. The average Bonchev–Trinajstić information content (AvgIpc) is 2.89. The number of amides is 2. The molecule has 0 atom stereocenters. The molecule has 0 aliphatic heterocycles. The highest BCUT2D eigenvalue weighted by Crippen LogP contribution is 2.20. The van der Waals surface area contributed by atoms with Crippen molar-refractivity contribution in [3.05, 3.63) is 18.7 Å². The van der Waals surface area contributed by atoms with Gasteiger partial charge in [-0.05, 0) is 31.1 Å². The van der Waals surface area contributed by atoms with E-state index in [2.05, 4.69) is 41.0 Å². The zero-order chi connectivity index (χ0) is 15.6. The third-order valence-corrected chi connectivity index (χ3v) is 3.37. The predicted octanol–water partition coefficient (Wildman–Crippen LogP) is 2.60. The minimum Gasteiger partial charge on any atom is -0.338 e. The summed E-state index contributed by atoms with van der Waals surface area (Å²) in [5, 5.41) is 5.82. The first kappa shape index (κ1) is 17.5. The summed E-state index contributed by atoms with van der Waals surface area (Å²) in [5.74, 6) is 0. The third-order valence-electron chi connectivity index (χ3n) is 3.37. The molecule has 0 saturated carbocycles. The molecule has 0 bridgehead atoms. The molecule has 1 heterocycles. The van der Waals surface area contributed by atoms with E-state index < -0.39 is 0 Å². The topological polar surface area (TPSA) is 60.8 Å². The molecule has 0 saturated heterocycles. The van der Waals surface area contributed by atoms with Crippen LogP contribution in [0.5, 0.6) is 0 Å². The Balaban J connectivity index is 1.89. The lowest BCUT2D eigenvalue weighted by Gasteiger charge is -2.17. The monoisotopic (exact) mass is 295 g/mol. The predicted molar refractivity (Wildman–Crippen MR) is 84.9 cm³/mol. The molecule has 1 aromatic rings. The number of aromatic amines is 1. The molecule has 2 amide bonds. The molecule has 0 unspecified atom stereocenters. The van der Waals surface area contributed by atoms with E-state index in [9.17, 15) is 4.79 Å². The van der Waals surface area contributed by atoms with Crippen LogP contribution in [0.3, 0.4) is 0 Å². The Hall–Kier alpha value is -1.52. The number of carbonyl (C=O) groups is 1. The van der Waals surface area contributed by atoms with Crippen LogP contribution in [0.1, 0.15) is 52.9 Å². The Labute approximate surface area is 128 Å². The molecule has 5 nitrogen and oxygen atoms in total. The highest BCUT2D eigenvalue weighted by Gasteiger charge is 2.08. The van der Waals surface area contributed by atoms with Gasteiger partial charge in [-0.25, -0.2) is 9.36 Å². The molecule has 0 spiro atoms. The van der Waals surface area contributed by atoms with Crippen LogP contribution in [0.15, 0.2) is 18.7 Å². The first-order valence-corrected chi connectivity index (χ1v) is 8.01. The van der Waals surface area contributed by atoms with Crippen molar-refractivity contribution in [3.63, 3.8) is 0 Å². The van der Waals surface area contributed by atoms with E-state index >= 15 is 0 Å². The van der Waals surface area contributed by atoms with Gasteiger partial charge in [0.15, 0.2) is 0 Å². The second kappa shape index (κ2) is 9.42. The van der Waals surface area contributed by atoms with E-state index in [1.165, 1.54) is 6.42 Å². The Morgan fingerprint density at radius 3 is 2.33 bits per heavy atom. The van der Waals surface area contributed by atoms with Crippen molar-refractivity contribution in [1.29, 1.82) is 0 Å². The van der Waals surface area contributed by atoms with Crippen LogP contribution in [0.4, 0.5) is 4.79 Å². The summed E-state index contributed by atoms with van der Waals surface area (Å²) in [6, 6.07) is -0.0416. The number of urea groups is 1. The van der Waals surface area contributed by atoms with E-state index in [1.54, 1.807) is 0 Å². The second-order valence-corrected chi connectivity index (χ2v) is 6.76. The zero-order valence-electron chi connectivity index (χ0n) is 13.7. The quantitative estimate of drug-likeness (QED) is 0.476. The van der Waals surface area contributed by atoms with E-state index in [4.69, 9.17) is 0 Å². The van der Waals surface area contributed by atoms with Gasteiger partial charge in [0.1, 0.15) is 12.4 Å². The van der Waals surface area contributed by atoms with Crippen molar-refractivity contribution < 1.29 is 9.36 Å². The number of hydrogen-bond donors (Lipinski definition) is 3. The maximum Gasteiger partial charge on any atom is 0.314 e. The van der Waals surface area contributed by atoms with Gasteiger partial charge in [0.2, 0.25) is 6.33 Å². The van der Waals surface area contributed by atoms with Crippen molar-refractivity contribution in [2.24, 2.45) is 5.41 Å². The van der Waals surface area contributed by atoms with Crippen LogP contribution in [-0.4, -0.2) is 24.1 Å². The summed E-state index contributed by atoms with van der Waals surface area (Å²) < 4.78 is 2.11. The first-order chi connectivity index (χ1) is 9.97. The van der Waals surface area contributed by atoms with Crippen molar-refractivity contribution in [2.45, 2.75) is 59.4 Å². The lowest BCUT2D eigenvalue weighted by atomic mass is 9.90. The number of imidazole rings is 1. The van der Waals surface area contributed by atoms with E-state index in [1.807, 2.05) is 18.7 Å².